The van der Waals surface area contributed by atoms with Crippen LogP contribution in [0, 0.1) is 5.41 Å². The third-order valence-corrected chi connectivity index (χ3v) is 4.74. The first kappa shape index (κ1) is 16.4. The van der Waals surface area contributed by atoms with Crippen molar-refractivity contribution in [1.29, 1.82) is 0 Å². The van der Waals surface area contributed by atoms with Gasteiger partial charge in [0, 0.05) is 29.3 Å². The summed E-state index contributed by atoms with van der Waals surface area (Å²) in [6.45, 7) is 4.30. The molecule has 0 aliphatic heterocycles. The molecule has 6 nitrogen and oxygen atoms in total. The quantitative estimate of drug-likeness (QED) is 0.733. The molecular weight excluding hydrogens is 334 g/mol. The van der Waals surface area contributed by atoms with Crippen LogP contribution in [0.25, 0.3) is 10.9 Å². The van der Waals surface area contributed by atoms with Crippen molar-refractivity contribution >= 4 is 22.7 Å². The van der Waals surface area contributed by atoms with Gasteiger partial charge in [-0.2, -0.15) is 0 Å². The van der Waals surface area contributed by atoms with Crippen LogP contribution in [-0.2, 0) is 13.0 Å². The number of carboxylic acid groups (broad SMARTS) is 1. The van der Waals surface area contributed by atoms with E-state index in [0.29, 0.717) is 28.6 Å². The Bertz CT molecular complexity index is 1020. The third-order valence-electron chi connectivity index (χ3n) is 4.74. The number of carbonyl (C=O) groups excluding carboxylic acids is 1. The largest absolute Gasteiger partial charge is 0.488 e. The minimum absolute atomic E-state index is 0.0802. The lowest BCUT2D eigenvalue weighted by atomic mass is 9.76. The average Bonchev–Trinajstić information content (AvgIpc) is 3.15. The van der Waals surface area contributed by atoms with E-state index in [1.807, 2.05) is 0 Å². The monoisotopic (exact) mass is 353 g/mol. The van der Waals surface area contributed by atoms with E-state index in [4.69, 9.17) is 14.3 Å². The smallest absolute Gasteiger partial charge is 0.352 e. The molecule has 0 unspecified atom stereocenters. The van der Waals surface area contributed by atoms with Gasteiger partial charge in [0.25, 0.3) is 0 Å². The van der Waals surface area contributed by atoms with Gasteiger partial charge in [-0.1, -0.05) is 19.9 Å². The summed E-state index contributed by atoms with van der Waals surface area (Å²) in [6, 6.07) is 6.91. The minimum atomic E-state index is -1.02. The fraction of sp³-hybridized carbons (Fsp3) is 0.300. The number of fused-ring (bicyclic) bond motifs is 2. The van der Waals surface area contributed by atoms with Gasteiger partial charge in [-0.15, -0.1) is 0 Å². The second-order valence-electron chi connectivity index (χ2n) is 7.49. The standard InChI is InChI=1S/C20H19NO5/c1-20(2)7-15(22)18-11(10-26-17(18)8-20)9-25-16-5-3-4-13-12(16)6-14(21-13)19(23)24/h3-6,10,21H,7-9H2,1-2H3,(H,23,24). The van der Waals surface area contributed by atoms with Crippen LogP contribution >= 0.6 is 0 Å². The van der Waals surface area contributed by atoms with Crippen LogP contribution in [0.2, 0.25) is 0 Å². The van der Waals surface area contributed by atoms with E-state index in [9.17, 15) is 9.59 Å². The molecule has 2 N–H and O–H groups in total. The van der Waals surface area contributed by atoms with Crippen molar-refractivity contribution in [3.8, 4) is 5.75 Å². The highest BCUT2D eigenvalue weighted by Gasteiger charge is 2.35. The van der Waals surface area contributed by atoms with Crippen LogP contribution in [0.3, 0.4) is 0 Å². The van der Waals surface area contributed by atoms with Crippen molar-refractivity contribution in [1.82, 2.24) is 4.98 Å². The number of Topliss-reactive ketones (excluding diaryl/α,β-unsaturated/α-hetero) is 1. The molecule has 0 saturated heterocycles. The Kier molecular flexibility index (Phi) is 3.64. The minimum Gasteiger partial charge on any atom is -0.488 e. The molecule has 26 heavy (non-hydrogen) atoms. The van der Waals surface area contributed by atoms with Gasteiger partial charge < -0.3 is 19.2 Å². The number of H-pyrrole nitrogens is 1. The van der Waals surface area contributed by atoms with E-state index in [1.54, 1.807) is 30.5 Å². The molecule has 4 rings (SSSR count). The maximum Gasteiger partial charge on any atom is 0.352 e. The fourth-order valence-electron chi connectivity index (χ4n) is 3.55. The first-order valence-electron chi connectivity index (χ1n) is 8.44. The number of benzene rings is 1. The topological polar surface area (TPSA) is 92.5 Å². The Balaban J connectivity index is 1.61. The summed E-state index contributed by atoms with van der Waals surface area (Å²) in [5.41, 5.74) is 2.06. The fourth-order valence-corrected chi connectivity index (χ4v) is 3.55. The maximum absolute atomic E-state index is 12.5. The summed E-state index contributed by atoms with van der Waals surface area (Å²) in [5, 5.41) is 9.83. The number of ketones is 1. The molecule has 0 fully saturated rings. The van der Waals surface area contributed by atoms with Gasteiger partial charge in [0.05, 0.1) is 11.8 Å². The Labute approximate surface area is 149 Å². The summed E-state index contributed by atoms with van der Waals surface area (Å²) in [5.74, 6) is 0.337. The molecule has 0 radical (unpaired) electrons. The first-order chi connectivity index (χ1) is 12.3. The summed E-state index contributed by atoms with van der Waals surface area (Å²) in [7, 11) is 0. The van der Waals surface area contributed by atoms with Gasteiger partial charge in [0.1, 0.15) is 23.8 Å². The van der Waals surface area contributed by atoms with Gasteiger partial charge in [-0.3, -0.25) is 4.79 Å². The number of hydrogen-bond donors (Lipinski definition) is 2. The molecule has 0 atom stereocenters. The van der Waals surface area contributed by atoms with Crippen molar-refractivity contribution in [2.75, 3.05) is 0 Å². The molecule has 3 aromatic rings. The van der Waals surface area contributed by atoms with Crippen molar-refractivity contribution < 1.29 is 23.8 Å². The van der Waals surface area contributed by atoms with Crippen molar-refractivity contribution in [2.45, 2.75) is 33.3 Å². The van der Waals surface area contributed by atoms with E-state index in [2.05, 4.69) is 18.8 Å². The van der Waals surface area contributed by atoms with Crippen LogP contribution in [0.5, 0.6) is 5.75 Å². The number of aromatic amines is 1. The lowest BCUT2D eigenvalue weighted by Crippen LogP contribution is -2.26. The molecule has 0 spiro atoms. The van der Waals surface area contributed by atoms with E-state index >= 15 is 0 Å². The molecule has 1 aromatic carbocycles. The number of rotatable bonds is 4. The summed E-state index contributed by atoms with van der Waals surface area (Å²) in [4.78, 5) is 26.5. The second-order valence-corrected chi connectivity index (χ2v) is 7.49. The first-order valence-corrected chi connectivity index (χ1v) is 8.44. The number of nitrogens with one attached hydrogen (secondary N) is 1. The van der Waals surface area contributed by atoms with Gasteiger partial charge in [0.2, 0.25) is 0 Å². The number of hydrogen-bond acceptors (Lipinski definition) is 4. The molecule has 1 aliphatic carbocycles. The third kappa shape index (κ3) is 2.77. The lowest BCUT2D eigenvalue weighted by Gasteiger charge is -2.27. The highest BCUT2D eigenvalue weighted by molar-refractivity contribution is 6.00. The Morgan fingerprint density at radius 2 is 2.15 bits per heavy atom. The molecule has 0 bridgehead atoms. The van der Waals surface area contributed by atoms with Crippen molar-refractivity contribution in [2.24, 2.45) is 5.41 Å². The van der Waals surface area contributed by atoms with Crippen molar-refractivity contribution in [3.05, 3.63) is 53.1 Å². The summed E-state index contributed by atoms with van der Waals surface area (Å²) >= 11 is 0. The molecular formula is C20H19NO5. The highest BCUT2D eigenvalue weighted by atomic mass is 16.5. The van der Waals surface area contributed by atoms with Crippen LogP contribution in [0.1, 0.15) is 52.4 Å². The maximum atomic E-state index is 12.5. The molecule has 2 heterocycles. The molecule has 2 aromatic heterocycles. The number of carboxylic acids is 1. The number of carbonyl (C=O) groups is 2. The number of aromatic nitrogens is 1. The van der Waals surface area contributed by atoms with Crippen LogP contribution in [0.4, 0.5) is 0 Å². The Morgan fingerprint density at radius 1 is 1.35 bits per heavy atom. The lowest BCUT2D eigenvalue weighted by molar-refractivity contribution is 0.0691. The molecule has 0 amide bonds. The summed E-state index contributed by atoms with van der Waals surface area (Å²) in [6.07, 6.45) is 2.80. The Hall–Kier alpha value is -3.02. The molecule has 1 aliphatic rings. The SMILES string of the molecule is CC1(C)CC(=O)c2c(COc3cccc4[nH]c(C(=O)O)cc34)coc2C1. The average molecular weight is 353 g/mol. The number of ether oxygens (including phenoxy) is 1. The van der Waals surface area contributed by atoms with Crippen LogP contribution in [0.15, 0.2) is 34.9 Å². The van der Waals surface area contributed by atoms with E-state index < -0.39 is 5.97 Å². The van der Waals surface area contributed by atoms with E-state index in [1.165, 1.54) is 0 Å². The zero-order chi connectivity index (χ0) is 18.5. The molecule has 134 valence electrons. The Morgan fingerprint density at radius 3 is 2.92 bits per heavy atom. The second kappa shape index (κ2) is 5.76. The zero-order valence-electron chi connectivity index (χ0n) is 14.6. The number of aromatic carboxylic acids is 1. The normalized spacial score (nSPS) is 15.8. The van der Waals surface area contributed by atoms with Gasteiger partial charge >= 0.3 is 5.97 Å². The predicted octanol–water partition coefficient (Wildman–Crippen LogP) is 4.19. The molecule has 0 saturated carbocycles. The van der Waals surface area contributed by atoms with Gasteiger partial charge in [-0.05, 0) is 23.6 Å². The van der Waals surface area contributed by atoms with Crippen LogP contribution < -0.4 is 4.74 Å². The van der Waals surface area contributed by atoms with Crippen molar-refractivity contribution in [3.63, 3.8) is 0 Å². The highest BCUT2D eigenvalue weighted by Crippen LogP contribution is 2.37. The molecule has 6 heteroatoms. The van der Waals surface area contributed by atoms with Crippen LogP contribution in [-0.4, -0.2) is 21.8 Å². The van der Waals surface area contributed by atoms with E-state index in [-0.39, 0.29) is 23.5 Å². The number of furan rings is 1. The van der Waals surface area contributed by atoms with E-state index in [0.717, 1.165) is 17.7 Å². The zero-order valence-corrected chi connectivity index (χ0v) is 14.6. The summed E-state index contributed by atoms with van der Waals surface area (Å²) < 4.78 is 11.5. The van der Waals surface area contributed by atoms with Gasteiger partial charge in [-0.25, -0.2) is 4.79 Å². The van der Waals surface area contributed by atoms with Gasteiger partial charge in [0.15, 0.2) is 5.78 Å². The predicted molar refractivity (Wildman–Crippen MR) is 94.7 cm³/mol.